The molecule has 4 rings (SSSR count). The lowest BCUT2D eigenvalue weighted by atomic mass is 10.2. The van der Waals surface area contributed by atoms with Crippen LogP contribution in [0.2, 0.25) is 0 Å². The molecule has 2 aromatic rings. The van der Waals surface area contributed by atoms with Gasteiger partial charge in [0.05, 0.1) is 25.8 Å². The summed E-state index contributed by atoms with van der Waals surface area (Å²) in [5.41, 5.74) is -0.641. The van der Waals surface area contributed by atoms with Crippen LogP contribution < -0.4 is 15.3 Å². The van der Waals surface area contributed by atoms with E-state index in [1.54, 1.807) is 6.07 Å². The van der Waals surface area contributed by atoms with Crippen molar-refractivity contribution in [1.29, 1.82) is 0 Å². The molecule has 0 bridgehead atoms. The monoisotopic (exact) mass is 353 g/mol. The maximum Gasteiger partial charge on any atom is 0.352 e. The molecule has 0 N–H and O–H groups in total. The summed E-state index contributed by atoms with van der Waals surface area (Å²) in [5.74, 6) is -2.70. The zero-order valence-electron chi connectivity index (χ0n) is 13.0. The molecule has 2 aliphatic rings. The van der Waals surface area contributed by atoms with Crippen LogP contribution in [0.4, 0.5) is 19.0 Å². The molecular weight excluding hydrogens is 339 g/mol. The number of rotatable bonds is 3. The highest BCUT2D eigenvalue weighted by atomic mass is 19.2. The quantitative estimate of drug-likeness (QED) is 0.782. The first-order chi connectivity index (χ1) is 12.0. The minimum absolute atomic E-state index is 0.00697. The zero-order chi connectivity index (χ0) is 17.6. The van der Waals surface area contributed by atoms with Crippen LogP contribution >= 0.6 is 0 Å². The molecule has 2 aliphatic heterocycles. The number of hydrogen-bond donors (Lipinski definition) is 0. The van der Waals surface area contributed by atoms with E-state index in [9.17, 15) is 18.0 Å². The Morgan fingerprint density at radius 3 is 2.84 bits per heavy atom. The second-order valence-electron chi connectivity index (χ2n) is 5.91. The van der Waals surface area contributed by atoms with Crippen LogP contribution in [0.15, 0.2) is 23.0 Å². The molecule has 1 atom stereocenters. The van der Waals surface area contributed by atoms with Crippen molar-refractivity contribution in [1.82, 2.24) is 9.55 Å². The fraction of sp³-hybridized carbons (Fsp3) is 0.375. The number of fused-ring (bicyclic) bond motifs is 3. The molecule has 132 valence electrons. The molecular formula is C16H14F3N3O3. The highest BCUT2D eigenvalue weighted by Crippen LogP contribution is 2.28. The zero-order valence-corrected chi connectivity index (χ0v) is 13.0. The van der Waals surface area contributed by atoms with Crippen molar-refractivity contribution in [3.63, 3.8) is 0 Å². The van der Waals surface area contributed by atoms with E-state index in [1.165, 1.54) is 4.57 Å². The predicted molar refractivity (Wildman–Crippen MR) is 81.1 cm³/mol. The van der Waals surface area contributed by atoms with Gasteiger partial charge in [-0.1, -0.05) is 0 Å². The lowest BCUT2D eigenvalue weighted by Crippen LogP contribution is -2.43. The van der Waals surface area contributed by atoms with E-state index in [4.69, 9.17) is 9.47 Å². The average Bonchev–Trinajstić information content (AvgIpc) is 2.96. The Balaban J connectivity index is 1.58. The largest absolute Gasteiger partial charge is 0.472 e. The first-order valence-corrected chi connectivity index (χ1v) is 7.75. The van der Waals surface area contributed by atoms with Crippen LogP contribution in [0.3, 0.4) is 0 Å². The number of ether oxygens (including phenoxy) is 2. The van der Waals surface area contributed by atoms with Crippen molar-refractivity contribution in [3.8, 4) is 5.88 Å². The summed E-state index contributed by atoms with van der Waals surface area (Å²) >= 11 is 0. The summed E-state index contributed by atoms with van der Waals surface area (Å²) < 4.78 is 52.1. The third-order valence-electron chi connectivity index (χ3n) is 4.35. The fourth-order valence-electron chi connectivity index (χ4n) is 3.10. The van der Waals surface area contributed by atoms with E-state index >= 15 is 0 Å². The second kappa shape index (κ2) is 6.07. The van der Waals surface area contributed by atoms with Gasteiger partial charge in [0.1, 0.15) is 18.2 Å². The lowest BCUT2D eigenvalue weighted by Gasteiger charge is -2.30. The molecule has 0 radical (unpaired) electrons. The van der Waals surface area contributed by atoms with Crippen molar-refractivity contribution in [3.05, 3.63) is 51.7 Å². The Hall–Kier alpha value is -2.55. The molecule has 1 aromatic carbocycles. The first kappa shape index (κ1) is 15.9. The molecule has 0 aliphatic carbocycles. The van der Waals surface area contributed by atoms with Crippen LogP contribution in [0, 0.1) is 17.5 Å². The molecule has 9 heteroatoms. The van der Waals surface area contributed by atoms with Gasteiger partial charge in [-0.25, -0.2) is 18.0 Å². The summed E-state index contributed by atoms with van der Waals surface area (Å²) in [6.07, 6.45) is 0. The molecule has 1 saturated heterocycles. The minimum atomic E-state index is -1.27. The van der Waals surface area contributed by atoms with Gasteiger partial charge in [0.2, 0.25) is 5.88 Å². The molecule has 6 nitrogen and oxygen atoms in total. The number of aromatic nitrogens is 2. The Morgan fingerprint density at radius 1 is 1.20 bits per heavy atom. The van der Waals surface area contributed by atoms with Crippen molar-refractivity contribution in [2.45, 2.75) is 19.2 Å². The SMILES string of the molecule is O=c1nc(OCc2cc(F)c(F)cc2F)cc2n1C[C@@H]1COCCN21. The van der Waals surface area contributed by atoms with E-state index in [1.807, 2.05) is 4.90 Å². The first-order valence-electron chi connectivity index (χ1n) is 7.75. The summed E-state index contributed by atoms with van der Waals surface area (Å²) in [4.78, 5) is 18.0. The summed E-state index contributed by atoms with van der Waals surface area (Å²) in [5, 5.41) is 0. The Labute approximate surface area is 140 Å². The number of hydrogen-bond acceptors (Lipinski definition) is 5. The van der Waals surface area contributed by atoms with Gasteiger partial charge in [-0.2, -0.15) is 4.98 Å². The average molecular weight is 353 g/mol. The van der Waals surface area contributed by atoms with Crippen LogP contribution in [-0.4, -0.2) is 35.4 Å². The third-order valence-corrected chi connectivity index (χ3v) is 4.35. The Bertz CT molecular complexity index is 887. The van der Waals surface area contributed by atoms with E-state index in [-0.39, 0.29) is 24.1 Å². The summed E-state index contributed by atoms with van der Waals surface area (Å²) in [6.45, 7) is 1.84. The van der Waals surface area contributed by atoms with Gasteiger partial charge in [0.15, 0.2) is 11.6 Å². The Kier molecular flexibility index (Phi) is 3.87. The van der Waals surface area contributed by atoms with Crippen molar-refractivity contribution in [2.24, 2.45) is 0 Å². The molecule has 25 heavy (non-hydrogen) atoms. The highest BCUT2D eigenvalue weighted by Gasteiger charge is 2.33. The number of anilines is 1. The van der Waals surface area contributed by atoms with Gasteiger partial charge in [0, 0.05) is 24.2 Å². The van der Waals surface area contributed by atoms with Crippen LogP contribution in [-0.2, 0) is 17.9 Å². The smallest absolute Gasteiger partial charge is 0.352 e. The van der Waals surface area contributed by atoms with Crippen molar-refractivity contribution >= 4 is 5.82 Å². The van der Waals surface area contributed by atoms with Gasteiger partial charge in [0.25, 0.3) is 0 Å². The molecule has 0 unspecified atom stereocenters. The molecule has 3 heterocycles. The standard InChI is InChI=1S/C16H14F3N3O3/c17-11-4-13(19)12(18)3-9(11)7-25-14-5-15-21-1-2-24-8-10(21)6-22(15)16(23)20-14/h3-5,10H,1-2,6-8H2/t10-/m1/s1. The van der Waals surface area contributed by atoms with E-state index in [0.717, 1.165) is 6.07 Å². The van der Waals surface area contributed by atoms with Gasteiger partial charge >= 0.3 is 5.69 Å². The lowest BCUT2D eigenvalue weighted by molar-refractivity contribution is 0.0956. The maximum absolute atomic E-state index is 13.7. The molecule has 0 amide bonds. The number of nitrogens with zero attached hydrogens (tertiary/aromatic N) is 3. The fourth-order valence-corrected chi connectivity index (χ4v) is 3.10. The van der Waals surface area contributed by atoms with Crippen LogP contribution in [0.25, 0.3) is 0 Å². The van der Waals surface area contributed by atoms with Crippen molar-refractivity contribution in [2.75, 3.05) is 24.7 Å². The van der Waals surface area contributed by atoms with Gasteiger partial charge < -0.3 is 14.4 Å². The van der Waals surface area contributed by atoms with Gasteiger partial charge in [-0.05, 0) is 6.07 Å². The van der Waals surface area contributed by atoms with E-state index in [0.29, 0.717) is 38.2 Å². The normalized spacial score (nSPS) is 18.8. The summed E-state index contributed by atoms with van der Waals surface area (Å²) in [7, 11) is 0. The number of halogens is 3. The summed E-state index contributed by atoms with van der Waals surface area (Å²) in [6, 6.07) is 2.84. The predicted octanol–water partition coefficient (Wildman–Crippen LogP) is 1.46. The van der Waals surface area contributed by atoms with Crippen LogP contribution in [0.5, 0.6) is 5.88 Å². The van der Waals surface area contributed by atoms with E-state index in [2.05, 4.69) is 4.98 Å². The molecule has 0 spiro atoms. The number of benzene rings is 1. The van der Waals surface area contributed by atoms with Crippen molar-refractivity contribution < 1.29 is 22.6 Å². The topological polar surface area (TPSA) is 56.6 Å². The van der Waals surface area contributed by atoms with E-state index < -0.39 is 23.1 Å². The number of morpholine rings is 1. The van der Waals surface area contributed by atoms with Gasteiger partial charge in [-0.15, -0.1) is 0 Å². The molecule has 1 aromatic heterocycles. The second-order valence-corrected chi connectivity index (χ2v) is 5.91. The van der Waals surface area contributed by atoms with Crippen LogP contribution in [0.1, 0.15) is 5.56 Å². The molecule has 1 fully saturated rings. The third kappa shape index (κ3) is 2.84. The maximum atomic E-state index is 13.7. The Morgan fingerprint density at radius 2 is 2.00 bits per heavy atom. The minimum Gasteiger partial charge on any atom is -0.472 e. The molecule has 0 saturated carbocycles. The van der Waals surface area contributed by atoms with Gasteiger partial charge in [-0.3, -0.25) is 4.57 Å². The highest BCUT2D eigenvalue weighted by molar-refractivity contribution is 5.47.